The van der Waals surface area contributed by atoms with Crippen molar-refractivity contribution in [2.75, 3.05) is 25.1 Å². The lowest BCUT2D eigenvalue weighted by atomic mass is 10.1. The van der Waals surface area contributed by atoms with Gasteiger partial charge in [-0.25, -0.2) is 15.0 Å². The number of nitrogens with zero attached hydrogens (tertiary/aromatic N) is 4. The van der Waals surface area contributed by atoms with Crippen LogP contribution >= 0.6 is 0 Å². The van der Waals surface area contributed by atoms with Gasteiger partial charge < -0.3 is 24.3 Å². The fourth-order valence-corrected chi connectivity index (χ4v) is 3.95. The fraction of sp³-hybridized carbons (Fsp3) is 0.706. The first-order valence-corrected chi connectivity index (χ1v) is 9.10. The molecule has 140 valence electrons. The Kier molecular flexibility index (Phi) is 3.85. The molecular weight excluding hydrogens is 338 g/mol. The minimum Gasteiger partial charge on any atom is -0.379 e. The van der Waals surface area contributed by atoms with Crippen LogP contribution in [0.15, 0.2) is 12.7 Å². The average molecular weight is 361 g/mol. The summed E-state index contributed by atoms with van der Waals surface area (Å²) < 4.78 is 25.3. The maximum atomic E-state index is 6.04. The van der Waals surface area contributed by atoms with E-state index >= 15 is 0 Å². The molecule has 0 aliphatic carbocycles. The van der Waals surface area contributed by atoms with Crippen LogP contribution in [0.2, 0.25) is 0 Å². The van der Waals surface area contributed by atoms with Gasteiger partial charge in [-0.05, 0) is 26.7 Å². The third-order valence-electron chi connectivity index (χ3n) is 5.07. The molecule has 2 aromatic heterocycles. The van der Waals surface area contributed by atoms with Crippen LogP contribution in [0.5, 0.6) is 0 Å². The van der Waals surface area contributed by atoms with E-state index in [0.717, 1.165) is 36.4 Å². The number of hydrogen-bond donors (Lipinski definition) is 1. The second-order valence-electron chi connectivity index (χ2n) is 7.47. The molecule has 4 atom stereocenters. The molecule has 0 aromatic carbocycles. The molecule has 3 fully saturated rings. The van der Waals surface area contributed by atoms with E-state index in [0.29, 0.717) is 13.2 Å². The topological polar surface area (TPSA) is 92.6 Å². The van der Waals surface area contributed by atoms with Crippen molar-refractivity contribution < 1.29 is 18.9 Å². The largest absolute Gasteiger partial charge is 0.379 e. The van der Waals surface area contributed by atoms with Crippen molar-refractivity contribution in [3.63, 3.8) is 0 Å². The molecule has 0 spiro atoms. The maximum absolute atomic E-state index is 6.04. The zero-order chi connectivity index (χ0) is 17.7. The number of nitrogens with one attached hydrogen (secondary N) is 1. The van der Waals surface area contributed by atoms with Gasteiger partial charge in [0.1, 0.15) is 18.5 Å². The van der Waals surface area contributed by atoms with Gasteiger partial charge in [-0.15, -0.1) is 0 Å². The van der Waals surface area contributed by atoms with Crippen LogP contribution < -0.4 is 5.32 Å². The Morgan fingerprint density at radius 2 is 2.12 bits per heavy atom. The molecule has 2 aromatic rings. The first-order chi connectivity index (χ1) is 12.6. The van der Waals surface area contributed by atoms with Gasteiger partial charge in [0.15, 0.2) is 29.0 Å². The summed E-state index contributed by atoms with van der Waals surface area (Å²) in [5.41, 5.74) is 1.45. The van der Waals surface area contributed by atoms with Crippen molar-refractivity contribution in [2.45, 2.75) is 57.0 Å². The van der Waals surface area contributed by atoms with Gasteiger partial charge in [-0.1, -0.05) is 0 Å². The van der Waals surface area contributed by atoms with E-state index in [1.807, 2.05) is 18.4 Å². The smallest absolute Gasteiger partial charge is 0.167 e. The Labute approximate surface area is 151 Å². The van der Waals surface area contributed by atoms with Crippen molar-refractivity contribution in [1.29, 1.82) is 0 Å². The minimum atomic E-state index is -0.601. The van der Waals surface area contributed by atoms with Gasteiger partial charge >= 0.3 is 0 Å². The Balaban J connectivity index is 1.44. The Bertz CT molecular complexity index is 804. The molecule has 9 nitrogen and oxygen atoms in total. The second kappa shape index (κ2) is 6.12. The highest BCUT2D eigenvalue weighted by molar-refractivity contribution is 5.82. The van der Waals surface area contributed by atoms with E-state index in [2.05, 4.69) is 20.3 Å². The summed E-state index contributed by atoms with van der Waals surface area (Å²) in [6, 6.07) is 0.242. The summed E-state index contributed by atoms with van der Waals surface area (Å²) in [6.45, 7) is 5.84. The number of rotatable bonds is 3. The number of hydrogen-bond acceptors (Lipinski definition) is 8. The lowest BCUT2D eigenvalue weighted by molar-refractivity contribution is -0.183. The summed E-state index contributed by atoms with van der Waals surface area (Å²) in [4.78, 5) is 13.3. The molecule has 5 rings (SSSR count). The molecule has 9 heteroatoms. The van der Waals surface area contributed by atoms with E-state index in [9.17, 15) is 0 Å². The minimum absolute atomic E-state index is 0.0775. The zero-order valence-electron chi connectivity index (χ0n) is 14.9. The molecule has 1 N–H and O–H groups in total. The molecule has 0 radical (unpaired) electrons. The predicted octanol–water partition coefficient (Wildman–Crippen LogP) is 1.47. The highest BCUT2D eigenvalue weighted by Crippen LogP contribution is 2.40. The monoisotopic (exact) mass is 361 g/mol. The maximum Gasteiger partial charge on any atom is 0.167 e. The highest BCUT2D eigenvalue weighted by atomic mass is 16.8. The third kappa shape index (κ3) is 2.75. The van der Waals surface area contributed by atoms with Crippen LogP contribution in [0.3, 0.4) is 0 Å². The molecule has 0 bridgehead atoms. The van der Waals surface area contributed by atoms with E-state index in [4.69, 9.17) is 18.9 Å². The summed E-state index contributed by atoms with van der Waals surface area (Å²) in [5, 5.41) is 3.44. The van der Waals surface area contributed by atoms with Crippen molar-refractivity contribution in [2.24, 2.45) is 0 Å². The van der Waals surface area contributed by atoms with Crippen LogP contribution in [0.25, 0.3) is 11.2 Å². The normalized spacial score (nSPS) is 33.5. The van der Waals surface area contributed by atoms with E-state index in [1.54, 1.807) is 12.7 Å². The van der Waals surface area contributed by atoms with Crippen LogP contribution in [0, 0.1) is 0 Å². The van der Waals surface area contributed by atoms with Crippen LogP contribution in [-0.2, 0) is 18.9 Å². The number of aromatic nitrogens is 4. The number of imidazole rings is 1. The SMILES string of the molecule is CC1(C)O[C@H]2[C@H](n3cnc4c(NC5CCCOC5)ncnc43)OC[C@H]2O1. The fourth-order valence-electron chi connectivity index (χ4n) is 3.95. The first kappa shape index (κ1) is 16.4. The molecule has 0 saturated carbocycles. The van der Waals surface area contributed by atoms with Crippen molar-refractivity contribution in [1.82, 2.24) is 19.5 Å². The van der Waals surface area contributed by atoms with Crippen LogP contribution in [0.4, 0.5) is 5.82 Å². The molecule has 3 saturated heterocycles. The number of ether oxygens (including phenoxy) is 4. The number of anilines is 1. The lowest BCUT2D eigenvalue weighted by Gasteiger charge is -2.24. The molecule has 26 heavy (non-hydrogen) atoms. The lowest BCUT2D eigenvalue weighted by Crippen LogP contribution is -2.30. The van der Waals surface area contributed by atoms with Crippen molar-refractivity contribution in [3.8, 4) is 0 Å². The molecule has 1 unspecified atom stereocenters. The second-order valence-corrected chi connectivity index (χ2v) is 7.47. The van der Waals surface area contributed by atoms with Gasteiger partial charge in [-0.2, -0.15) is 0 Å². The van der Waals surface area contributed by atoms with E-state index in [-0.39, 0.29) is 24.5 Å². The molecular formula is C17H23N5O4. The molecule has 0 amide bonds. The van der Waals surface area contributed by atoms with Gasteiger partial charge in [0.25, 0.3) is 0 Å². The number of fused-ring (bicyclic) bond motifs is 2. The first-order valence-electron chi connectivity index (χ1n) is 9.10. The van der Waals surface area contributed by atoms with Crippen LogP contribution in [-0.4, -0.2) is 63.4 Å². The summed E-state index contributed by atoms with van der Waals surface area (Å²) in [7, 11) is 0. The standard InChI is InChI=1S/C17H23N5O4/c1-17(2)25-11-7-24-16(13(11)26-17)22-9-20-12-14(18-8-19-15(12)22)21-10-4-3-5-23-6-10/h8-11,13,16H,3-7H2,1-2H3,(H,18,19,21)/t10?,11-,13-,16-/m1/s1. The van der Waals surface area contributed by atoms with Gasteiger partial charge in [0.05, 0.1) is 25.6 Å². The van der Waals surface area contributed by atoms with E-state index in [1.165, 1.54) is 0 Å². The van der Waals surface area contributed by atoms with E-state index < -0.39 is 5.79 Å². The molecule has 3 aliphatic rings. The quantitative estimate of drug-likeness (QED) is 0.878. The van der Waals surface area contributed by atoms with Gasteiger partial charge in [-0.3, -0.25) is 4.57 Å². The average Bonchev–Trinajstić information content (AvgIpc) is 3.28. The van der Waals surface area contributed by atoms with Crippen molar-refractivity contribution in [3.05, 3.63) is 12.7 Å². The van der Waals surface area contributed by atoms with Crippen molar-refractivity contribution >= 4 is 17.0 Å². The Morgan fingerprint density at radius 3 is 2.96 bits per heavy atom. The van der Waals surface area contributed by atoms with Crippen LogP contribution in [0.1, 0.15) is 32.9 Å². The molecule has 5 heterocycles. The predicted molar refractivity (Wildman–Crippen MR) is 91.6 cm³/mol. The summed E-state index contributed by atoms with van der Waals surface area (Å²) in [5.74, 6) is 0.124. The third-order valence-corrected chi connectivity index (χ3v) is 5.07. The zero-order valence-corrected chi connectivity index (χ0v) is 14.9. The van der Waals surface area contributed by atoms with Gasteiger partial charge in [0.2, 0.25) is 0 Å². The van der Waals surface area contributed by atoms with Gasteiger partial charge in [0, 0.05) is 6.61 Å². The summed E-state index contributed by atoms with van der Waals surface area (Å²) >= 11 is 0. The molecule has 3 aliphatic heterocycles. The highest BCUT2D eigenvalue weighted by Gasteiger charge is 2.51. The summed E-state index contributed by atoms with van der Waals surface area (Å²) in [6.07, 6.45) is 4.83. The Morgan fingerprint density at radius 1 is 1.19 bits per heavy atom. The Hall–Kier alpha value is -1.81.